The maximum Gasteiger partial charge on any atom is 0.253 e. The molecule has 26 heavy (non-hydrogen) atoms. The molecule has 0 aliphatic carbocycles. The highest BCUT2D eigenvalue weighted by Crippen LogP contribution is 2.19. The second-order valence-corrected chi connectivity index (χ2v) is 5.87. The van der Waals surface area contributed by atoms with Crippen molar-refractivity contribution in [2.45, 2.75) is 19.9 Å². The van der Waals surface area contributed by atoms with Crippen molar-refractivity contribution in [3.05, 3.63) is 78.2 Å². The van der Waals surface area contributed by atoms with Gasteiger partial charge < -0.3 is 10.1 Å². The molecule has 0 saturated carbocycles. The Labute approximate surface area is 153 Å². The number of ether oxygens (including phenoxy) is 1. The lowest BCUT2D eigenvalue weighted by molar-refractivity contribution is 0.0939. The van der Waals surface area contributed by atoms with E-state index in [1.807, 2.05) is 56.3 Å². The average molecular weight is 347 g/mol. The van der Waals surface area contributed by atoms with E-state index in [1.165, 1.54) is 0 Å². The molecule has 3 aromatic rings. The third kappa shape index (κ3) is 4.25. The summed E-state index contributed by atoms with van der Waals surface area (Å²) in [7, 11) is 0. The molecule has 1 amide bonds. The highest BCUT2D eigenvalue weighted by atomic mass is 16.5. The van der Waals surface area contributed by atoms with Crippen LogP contribution in [0.25, 0.3) is 11.3 Å². The van der Waals surface area contributed by atoms with Gasteiger partial charge in [-0.05, 0) is 55.8 Å². The summed E-state index contributed by atoms with van der Waals surface area (Å²) in [5.41, 5.74) is 3.24. The van der Waals surface area contributed by atoms with Gasteiger partial charge in [-0.15, -0.1) is 0 Å². The van der Waals surface area contributed by atoms with Crippen molar-refractivity contribution in [1.82, 2.24) is 15.3 Å². The molecule has 0 aliphatic heterocycles. The molecular formula is C21H21N3O2. The van der Waals surface area contributed by atoms with Gasteiger partial charge in [0.1, 0.15) is 5.75 Å². The first-order chi connectivity index (χ1) is 12.7. The number of pyridine rings is 2. The number of nitrogens with zero attached hydrogens (tertiary/aromatic N) is 2. The van der Waals surface area contributed by atoms with Crippen molar-refractivity contribution in [1.29, 1.82) is 0 Å². The summed E-state index contributed by atoms with van der Waals surface area (Å²) in [6.45, 7) is 4.53. The molecule has 5 heteroatoms. The summed E-state index contributed by atoms with van der Waals surface area (Å²) in [5, 5.41) is 2.99. The van der Waals surface area contributed by atoms with E-state index in [-0.39, 0.29) is 11.9 Å². The molecule has 1 N–H and O–H groups in total. The van der Waals surface area contributed by atoms with Crippen LogP contribution in [0, 0.1) is 0 Å². The van der Waals surface area contributed by atoms with Gasteiger partial charge in [0.15, 0.2) is 0 Å². The van der Waals surface area contributed by atoms with Gasteiger partial charge in [-0.2, -0.15) is 0 Å². The van der Waals surface area contributed by atoms with E-state index in [9.17, 15) is 4.79 Å². The van der Waals surface area contributed by atoms with Gasteiger partial charge in [0.25, 0.3) is 5.91 Å². The first kappa shape index (κ1) is 17.6. The Hall–Kier alpha value is -3.21. The number of carbonyl (C=O) groups is 1. The largest absolute Gasteiger partial charge is 0.494 e. The minimum absolute atomic E-state index is 0.115. The Morgan fingerprint density at radius 3 is 2.54 bits per heavy atom. The first-order valence-corrected chi connectivity index (χ1v) is 8.57. The van der Waals surface area contributed by atoms with Gasteiger partial charge in [-0.25, -0.2) is 0 Å². The summed E-state index contributed by atoms with van der Waals surface area (Å²) in [5.74, 6) is 0.668. The van der Waals surface area contributed by atoms with Gasteiger partial charge in [0.05, 0.1) is 23.9 Å². The molecule has 0 saturated heterocycles. The smallest absolute Gasteiger partial charge is 0.253 e. The zero-order chi connectivity index (χ0) is 18.4. The number of aromatic nitrogens is 2. The maximum absolute atomic E-state index is 12.5. The number of carbonyl (C=O) groups excluding carboxylic acids is 1. The number of benzene rings is 1. The van der Waals surface area contributed by atoms with Crippen molar-refractivity contribution >= 4 is 5.91 Å². The Kier molecular flexibility index (Phi) is 5.59. The van der Waals surface area contributed by atoms with Crippen LogP contribution in [0.3, 0.4) is 0 Å². The minimum Gasteiger partial charge on any atom is -0.494 e. The number of nitrogens with one attached hydrogen (secondary N) is 1. The Morgan fingerprint density at radius 1 is 1.12 bits per heavy atom. The fourth-order valence-corrected chi connectivity index (χ4v) is 2.60. The SMILES string of the molecule is CCOc1ccc([C@@H](C)NC(=O)c2ccc(-c3cccnc3)nc2)cc1. The minimum atomic E-state index is -0.156. The summed E-state index contributed by atoms with van der Waals surface area (Å²) in [6, 6.07) is 15.0. The molecule has 0 radical (unpaired) electrons. The Bertz CT molecular complexity index is 847. The van der Waals surface area contributed by atoms with Crippen LogP contribution in [0.5, 0.6) is 5.75 Å². The number of hydrogen-bond donors (Lipinski definition) is 1. The van der Waals surface area contributed by atoms with E-state index in [0.717, 1.165) is 22.6 Å². The van der Waals surface area contributed by atoms with E-state index in [1.54, 1.807) is 24.7 Å². The summed E-state index contributed by atoms with van der Waals surface area (Å²) >= 11 is 0. The van der Waals surface area contributed by atoms with Crippen molar-refractivity contribution in [3.63, 3.8) is 0 Å². The van der Waals surface area contributed by atoms with E-state index < -0.39 is 0 Å². The highest BCUT2D eigenvalue weighted by Gasteiger charge is 2.12. The highest BCUT2D eigenvalue weighted by molar-refractivity contribution is 5.94. The molecule has 0 bridgehead atoms. The molecule has 1 aromatic carbocycles. The van der Waals surface area contributed by atoms with Gasteiger partial charge in [0, 0.05) is 24.2 Å². The van der Waals surface area contributed by atoms with Crippen LogP contribution < -0.4 is 10.1 Å². The van der Waals surface area contributed by atoms with E-state index >= 15 is 0 Å². The predicted octanol–water partition coefficient (Wildman–Crippen LogP) is 4.03. The topological polar surface area (TPSA) is 64.1 Å². The molecule has 0 spiro atoms. The normalized spacial score (nSPS) is 11.6. The van der Waals surface area contributed by atoms with Crippen molar-refractivity contribution < 1.29 is 9.53 Å². The second-order valence-electron chi connectivity index (χ2n) is 5.87. The Morgan fingerprint density at radius 2 is 1.92 bits per heavy atom. The maximum atomic E-state index is 12.5. The van der Waals surface area contributed by atoms with Crippen molar-refractivity contribution in [2.75, 3.05) is 6.61 Å². The van der Waals surface area contributed by atoms with Crippen LogP contribution in [0.15, 0.2) is 67.1 Å². The van der Waals surface area contributed by atoms with Crippen molar-refractivity contribution in [2.24, 2.45) is 0 Å². The standard InChI is InChI=1S/C21H21N3O2/c1-3-26-19-9-6-16(7-10-19)15(2)24-21(25)18-8-11-20(23-14-18)17-5-4-12-22-13-17/h4-15H,3H2,1-2H3,(H,24,25)/t15-/m1/s1. The summed E-state index contributed by atoms with van der Waals surface area (Å²) < 4.78 is 5.44. The van der Waals surface area contributed by atoms with Crippen LogP contribution in [0.2, 0.25) is 0 Å². The predicted molar refractivity (Wildman–Crippen MR) is 101 cm³/mol. The molecule has 0 aliphatic rings. The molecular weight excluding hydrogens is 326 g/mol. The van der Waals surface area contributed by atoms with E-state index in [2.05, 4.69) is 15.3 Å². The third-order valence-corrected chi connectivity index (χ3v) is 4.02. The lowest BCUT2D eigenvalue weighted by Gasteiger charge is -2.15. The molecule has 3 rings (SSSR count). The summed E-state index contributed by atoms with van der Waals surface area (Å²) in [4.78, 5) is 20.9. The zero-order valence-corrected chi connectivity index (χ0v) is 14.8. The first-order valence-electron chi connectivity index (χ1n) is 8.57. The van der Waals surface area contributed by atoms with Crippen molar-refractivity contribution in [3.8, 4) is 17.0 Å². The van der Waals surface area contributed by atoms with Gasteiger partial charge in [-0.3, -0.25) is 14.8 Å². The van der Waals surface area contributed by atoms with E-state index in [0.29, 0.717) is 12.2 Å². The quantitative estimate of drug-likeness (QED) is 0.731. The van der Waals surface area contributed by atoms with Crippen LogP contribution in [0.1, 0.15) is 35.8 Å². The van der Waals surface area contributed by atoms with Crippen LogP contribution in [0.4, 0.5) is 0 Å². The second kappa shape index (κ2) is 8.25. The molecule has 132 valence electrons. The fraction of sp³-hybridized carbons (Fsp3) is 0.190. The van der Waals surface area contributed by atoms with Crippen LogP contribution >= 0.6 is 0 Å². The molecule has 1 atom stereocenters. The third-order valence-electron chi connectivity index (χ3n) is 4.02. The molecule has 0 fully saturated rings. The molecule has 5 nitrogen and oxygen atoms in total. The van der Waals surface area contributed by atoms with Gasteiger partial charge in [0.2, 0.25) is 0 Å². The fourth-order valence-electron chi connectivity index (χ4n) is 2.60. The monoisotopic (exact) mass is 347 g/mol. The van der Waals surface area contributed by atoms with E-state index in [4.69, 9.17) is 4.74 Å². The van der Waals surface area contributed by atoms with Crippen LogP contribution in [-0.2, 0) is 0 Å². The molecule has 0 unspecified atom stereocenters. The number of hydrogen-bond acceptors (Lipinski definition) is 4. The molecule has 2 heterocycles. The van der Waals surface area contributed by atoms with Crippen LogP contribution in [-0.4, -0.2) is 22.5 Å². The average Bonchev–Trinajstić information content (AvgIpc) is 2.69. The van der Waals surface area contributed by atoms with Gasteiger partial charge >= 0.3 is 0 Å². The number of amides is 1. The number of rotatable bonds is 6. The zero-order valence-electron chi connectivity index (χ0n) is 14.8. The molecule has 2 aromatic heterocycles. The summed E-state index contributed by atoms with van der Waals surface area (Å²) in [6.07, 6.45) is 5.05. The lowest BCUT2D eigenvalue weighted by Crippen LogP contribution is -2.26. The van der Waals surface area contributed by atoms with Gasteiger partial charge in [-0.1, -0.05) is 12.1 Å². The lowest BCUT2D eigenvalue weighted by atomic mass is 10.1. The Balaban J connectivity index is 1.65.